The summed E-state index contributed by atoms with van der Waals surface area (Å²) in [5.41, 5.74) is 11.5. The minimum Gasteiger partial charge on any atom is -0.511 e. The van der Waals surface area contributed by atoms with Crippen LogP contribution in [-0.2, 0) is 0 Å². The molecule has 0 spiro atoms. The first-order valence-corrected chi connectivity index (χ1v) is 14.4. The van der Waals surface area contributed by atoms with Crippen LogP contribution in [0.2, 0.25) is 0 Å². The lowest BCUT2D eigenvalue weighted by Gasteiger charge is -2.26. The number of aliphatic hydroxyl groups excluding tert-OH is 1. The molecule has 1 aliphatic heterocycles. The molecular weight excluding hydrogens is 482 g/mol. The molecule has 1 heterocycles. The lowest BCUT2D eigenvalue weighted by molar-refractivity contribution is 0.414. The van der Waals surface area contributed by atoms with Gasteiger partial charge in [-0.1, -0.05) is 85.8 Å². The Labute approximate surface area is 234 Å². The molecule has 1 unspecified atom stereocenters. The van der Waals surface area contributed by atoms with Crippen LogP contribution in [0.15, 0.2) is 108 Å². The van der Waals surface area contributed by atoms with Gasteiger partial charge in [-0.05, 0) is 96.9 Å². The van der Waals surface area contributed by atoms with E-state index in [0.29, 0.717) is 17.4 Å². The van der Waals surface area contributed by atoms with E-state index in [9.17, 15) is 0 Å². The van der Waals surface area contributed by atoms with Crippen LogP contribution in [0.3, 0.4) is 0 Å². The molecular formula is C35H41NOS. The average molecular weight is 524 g/mol. The first-order valence-electron chi connectivity index (χ1n) is 13.8. The van der Waals surface area contributed by atoms with Crippen LogP contribution in [0.1, 0.15) is 55.7 Å². The van der Waals surface area contributed by atoms with Crippen LogP contribution in [0.25, 0.3) is 16.7 Å². The molecule has 0 saturated heterocycles. The van der Waals surface area contributed by atoms with Crippen molar-refractivity contribution < 1.29 is 5.11 Å². The van der Waals surface area contributed by atoms with Gasteiger partial charge in [0, 0.05) is 24.2 Å². The molecule has 2 aromatic carbocycles. The number of allylic oxidation sites excluding steroid dienone is 8. The van der Waals surface area contributed by atoms with Gasteiger partial charge in [0.05, 0.1) is 0 Å². The minimum atomic E-state index is 0.489. The molecule has 5 rings (SSSR count). The molecule has 2 aliphatic carbocycles. The summed E-state index contributed by atoms with van der Waals surface area (Å²) in [5, 5.41) is 8.80. The minimum absolute atomic E-state index is 0.489. The van der Waals surface area contributed by atoms with Gasteiger partial charge in [-0.25, -0.2) is 0 Å². The van der Waals surface area contributed by atoms with E-state index in [1.54, 1.807) is 0 Å². The maximum Gasteiger partial charge on any atom is 0.101 e. The predicted octanol–water partition coefficient (Wildman–Crippen LogP) is 9.52. The second kappa shape index (κ2) is 13.1. The van der Waals surface area contributed by atoms with Crippen molar-refractivity contribution in [2.45, 2.75) is 52.9 Å². The Bertz CT molecular complexity index is 1320. The quantitative estimate of drug-likeness (QED) is 0.279. The molecule has 1 atom stereocenters. The van der Waals surface area contributed by atoms with Gasteiger partial charge in [0.15, 0.2) is 0 Å². The highest BCUT2D eigenvalue weighted by Gasteiger charge is 2.16. The fourth-order valence-corrected chi connectivity index (χ4v) is 4.94. The highest BCUT2D eigenvalue weighted by molar-refractivity contribution is 7.80. The van der Waals surface area contributed by atoms with Crippen LogP contribution in [-0.4, -0.2) is 22.3 Å². The predicted molar refractivity (Wildman–Crippen MR) is 167 cm³/mol. The van der Waals surface area contributed by atoms with Gasteiger partial charge >= 0.3 is 0 Å². The molecule has 0 aromatic heterocycles. The van der Waals surface area contributed by atoms with E-state index >= 15 is 0 Å². The largest absolute Gasteiger partial charge is 0.511 e. The average Bonchev–Trinajstić information content (AvgIpc) is 3.78. The molecule has 0 radical (unpaired) electrons. The monoisotopic (exact) mass is 523 g/mol. The van der Waals surface area contributed by atoms with Crippen molar-refractivity contribution in [2.75, 3.05) is 12.3 Å². The number of thiol groups is 1. The van der Waals surface area contributed by atoms with Crippen molar-refractivity contribution >= 4 is 18.2 Å². The molecule has 38 heavy (non-hydrogen) atoms. The molecule has 1 fully saturated rings. The van der Waals surface area contributed by atoms with Crippen molar-refractivity contribution in [3.8, 4) is 11.1 Å². The molecule has 1 saturated carbocycles. The zero-order chi connectivity index (χ0) is 27.1. The van der Waals surface area contributed by atoms with Crippen molar-refractivity contribution in [1.82, 2.24) is 4.90 Å². The maximum absolute atomic E-state index is 8.80. The Morgan fingerprint density at radius 1 is 1.03 bits per heavy atom. The van der Waals surface area contributed by atoms with Gasteiger partial charge in [0.1, 0.15) is 5.76 Å². The van der Waals surface area contributed by atoms with E-state index in [4.69, 9.17) is 5.11 Å². The fourth-order valence-electron chi connectivity index (χ4n) is 4.71. The number of aliphatic hydroxyl groups is 1. The smallest absolute Gasteiger partial charge is 0.101 e. The van der Waals surface area contributed by atoms with Gasteiger partial charge in [0.25, 0.3) is 0 Å². The van der Waals surface area contributed by atoms with Crippen molar-refractivity contribution in [2.24, 2.45) is 5.92 Å². The zero-order valence-corrected chi connectivity index (χ0v) is 24.0. The molecule has 0 amide bonds. The normalized spacial score (nSPS) is 18.0. The maximum atomic E-state index is 8.80. The number of hydrogen-bond acceptors (Lipinski definition) is 3. The van der Waals surface area contributed by atoms with Crippen LogP contribution in [0.5, 0.6) is 0 Å². The molecule has 3 aliphatic rings. The second-order valence-corrected chi connectivity index (χ2v) is 10.9. The Morgan fingerprint density at radius 3 is 2.42 bits per heavy atom. The zero-order valence-electron chi connectivity index (χ0n) is 23.1. The third kappa shape index (κ3) is 7.45. The molecule has 1 N–H and O–H groups in total. The Kier molecular flexibility index (Phi) is 9.58. The molecule has 198 valence electrons. The Balaban J connectivity index is 0.000000417. The summed E-state index contributed by atoms with van der Waals surface area (Å²) >= 11 is 3.89. The topological polar surface area (TPSA) is 23.5 Å². The van der Waals surface area contributed by atoms with Gasteiger partial charge in [-0.2, -0.15) is 12.6 Å². The summed E-state index contributed by atoms with van der Waals surface area (Å²) in [6.45, 7) is 11.9. The van der Waals surface area contributed by atoms with Crippen LogP contribution < -0.4 is 0 Å². The Morgan fingerprint density at radius 2 is 1.79 bits per heavy atom. The summed E-state index contributed by atoms with van der Waals surface area (Å²) in [7, 11) is 0. The van der Waals surface area contributed by atoms with E-state index in [1.165, 1.54) is 51.0 Å². The summed E-state index contributed by atoms with van der Waals surface area (Å²) in [4.78, 5) is 2.31. The standard InChI is InChI=1S/C30H33N.C5H8OS/c1-22-11-15-26(16-12-22)8-7-19-31-21-28(18-14-25(31)4)30-10-6-5-9-29(30)27-17-13-23(2)24(3)20-27;6-5(3-7)4-1-2-4/h5-6,9-11,13-18,20-22H,4,7-8,12,19H2,1-3H3;6-7H,1-3H2. The van der Waals surface area contributed by atoms with Gasteiger partial charge in [-0.3, -0.25) is 0 Å². The number of benzene rings is 2. The van der Waals surface area contributed by atoms with Gasteiger partial charge < -0.3 is 10.0 Å². The third-order valence-corrected chi connectivity index (χ3v) is 7.79. The second-order valence-electron chi connectivity index (χ2n) is 10.6. The van der Waals surface area contributed by atoms with Crippen molar-refractivity contribution in [3.63, 3.8) is 0 Å². The summed E-state index contributed by atoms with van der Waals surface area (Å²) in [6.07, 6.45) is 19.3. The van der Waals surface area contributed by atoms with E-state index in [1.807, 2.05) is 0 Å². The fraction of sp³-hybridized carbons (Fsp3) is 0.314. The summed E-state index contributed by atoms with van der Waals surface area (Å²) in [6, 6.07) is 15.5. The van der Waals surface area contributed by atoms with E-state index in [0.717, 1.165) is 37.9 Å². The first-order chi connectivity index (χ1) is 18.4. The highest BCUT2D eigenvalue weighted by atomic mass is 32.1. The molecule has 2 aromatic rings. The molecule has 0 bridgehead atoms. The van der Waals surface area contributed by atoms with Crippen LogP contribution >= 0.6 is 12.6 Å². The summed E-state index contributed by atoms with van der Waals surface area (Å²) < 4.78 is 0. The van der Waals surface area contributed by atoms with E-state index in [-0.39, 0.29) is 0 Å². The van der Waals surface area contributed by atoms with Gasteiger partial charge in [-0.15, -0.1) is 0 Å². The Hall–Kier alpha value is -3.17. The van der Waals surface area contributed by atoms with Crippen molar-refractivity contribution in [3.05, 3.63) is 125 Å². The molecule has 2 nitrogen and oxygen atoms in total. The van der Waals surface area contributed by atoms with E-state index < -0.39 is 0 Å². The SMILES string of the molecule is C=C1C=CC(c2ccccc2-c2ccc(C)c(C)c2)=CN1CCCC1=CCC(C)C=C1.OC(CS)=C1CC1. The molecule has 3 heteroatoms. The van der Waals surface area contributed by atoms with Crippen molar-refractivity contribution in [1.29, 1.82) is 0 Å². The van der Waals surface area contributed by atoms with Crippen LogP contribution in [0.4, 0.5) is 0 Å². The lowest BCUT2D eigenvalue weighted by atomic mass is 9.92. The first kappa shape index (κ1) is 27.9. The third-order valence-electron chi connectivity index (χ3n) is 7.49. The summed E-state index contributed by atoms with van der Waals surface area (Å²) in [5.74, 6) is 1.68. The number of hydrogen-bond donors (Lipinski definition) is 2. The van der Waals surface area contributed by atoms with Crippen LogP contribution in [0, 0.1) is 19.8 Å². The number of rotatable bonds is 7. The number of aryl methyl sites for hydroxylation is 2. The number of nitrogens with zero attached hydrogens (tertiary/aromatic N) is 1. The highest BCUT2D eigenvalue weighted by Crippen LogP contribution is 2.33. The lowest BCUT2D eigenvalue weighted by Crippen LogP contribution is -2.19. The van der Waals surface area contributed by atoms with E-state index in [2.05, 4.69) is 124 Å². The van der Waals surface area contributed by atoms with Gasteiger partial charge in [0.2, 0.25) is 0 Å².